The standard InChI is InChI=1S/C33H35FO14/c1-20(2)27(35)44-14-13-43-16-33(18-46-31(39)29(37)41-5,19-47-32(40)30(38)42-6)17-45-24-10-7-22(8-11-24)23-9-12-26(25(34)15-23)48-28(36)21(3)4/h7-12,15H,1,3,13-14,16-19H2,2,4-6H3. The molecule has 0 aliphatic heterocycles. The van der Waals surface area contributed by atoms with Gasteiger partial charge < -0.3 is 37.9 Å². The van der Waals surface area contributed by atoms with Crippen LogP contribution in [0, 0.1) is 11.2 Å². The first-order valence-electron chi connectivity index (χ1n) is 14.0. The molecular weight excluding hydrogens is 639 g/mol. The van der Waals surface area contributed by atoms with Crippen LogP contribution in [0.2, 0.25) is 0 Å². The number of hydrogen-bond acceptors (Lipinski definition) is 14. The topological polar surface area (TPSA) is 176 Å². The first kappa shape index (κ1) is 38.6. The first-order valence-corrected chi connectivity index (χ1v) is 14.0. The van der Waals surface area contributed by atoms with E-state index in [2.05, 4.69) is 22.6 Å². The molecule has 0 fully saturated rings. The molecule has 0 atom stereocenters. The molecular formula is C33H35FO14. The third-order valence-corrected chi connectivity index (χ3v) is 6.16. The van der Waals surface area contributed by atoms with Gasteiger partial charge in [-0.05, 0) is 49.2 Å². The zero-order valence-electron chi connectivity index (χ0n) is 26.8. The molecule has 0 N–H and O–H groups in total. The van der Waals surface area contributed by atoms with E-state index in [0.29, 0.717) is 11.1 Å². The van der Waals surface area contributed by atoms with E-state index in [9.17, 15) is 33.2 Å². The lowest BCUT2D eigenvalue weighted by Gasteiger charge is -2.32. The van der Waals surface area contributed by atoms with Crippen molar-refractivity contribution in [3.05, 3.63) is 72.6 Å². The van der Waals surface area contributed by atoms with E-state index in [1.807, 2.05) is 0 Å². The van der Waals surface area contributed by atoms with Crippen molar-refractivity contribution in [3.8, 4) is 22.6 Å². The molecule has 2 aromatic rings. The number of esters is 6. The quantitative estimate of drug-likeness (QED) is 0.0634. The molecule has 48 heavy (non-hydrogen) atoms. The Kier molecular flexibility index (Phi) is 14.9. The molecule has 0 aromatic heterocycles. The van der Waals surface area contributed by atoms with Crippen molar-refractivity contribution < 1.29 is 71.1 Å². The van der Waals surface area contributed by atoms with Gasteiger partial charge in [0.15, 0.2) is 11.6 Å². The van der Waals surface area contributed by atoms with Gasteiger partial charge in [0.05, 0.1) is 32.8 Å². The lowest BCUT2D eigenvalue weighted by atomic mass is 9.92. The zero-order chi connectivity index (χ0) is 35.9. The van der Waals surface area contributed by atoms with Gasteiger partial charge in [0, 0.05) is 11.1 Å². The third-order valence-electron chi connectivity index (χ3n) is 6.16. The van der Waals surface area contributed by atoms with Gasteiger partial charge in [0.1, 0.15) is 32.2 Å². The number of halogens is 1. The largest absolute Gasteiger partial charge is 0.493 e. The average Bonchev–Trinajstić information content (AvgIpc) is 3.08. The lowest BCUT2D eigenvalue weighted by Crippen LogP contribution is -2.45. The number of rotatable bonds is 16. The van der Waals surface area contributed by atoms with Crippen molar-refractivity contribution in [2.24, 2.45) is 5.41 Å². The fourth-order valence-electron chi connectivity index (χ4n) is 3.51. The van der Waals surface area contributed by atoms with E-state index < -0.39 is 60.3 Å². The Labute approximate surface area is 275 Å². The highest BCUT2D eigenvalue weighted by Gasteiger charge is 2.38. The van der Waals surface area contributed by atoms with E-state index in [0.717, 1.165) is 14.2 Å². The molecule has 0 heterocycles. The highest BCUT2D eigenvalue weighted by Crippen LogP contribution is 2.29. The summed E-state index contributed by atoms with van der Waals surface area (Å²) >= 11 is 0. The maximum absolute atomic E-state index is 14.6. The second-order valence-corrected chi connectivity index (χ2v) is 10.2. The molecule has 0 saturated carbocycles. The molecule has 0 amide bonds. The Morgan fingerprint density at radius 3 is 1.69 bits per heavy atom. The number of ether oxygens (including phenoxy) is 8. The molecule has 0 saturated heterocycles. The van der Waals surface area contributed by atoms with Gasteiger partial charge in [-0.25, -0.2) is 33.2 Å². The summed E-state index contributed by atoms with van der Waals surface area (Å²) in [5.74, 6) is -7.55. The van der Waals surface area contributed by atoms with Gasteiger partial charge in [-0.15, -0.1) is 0 Å². The molecule has 15 heteroatoms. The number of carbonyl (C=O) groups is 6. The summed E-state index contributed by atoms with van der Waals surface area (Å²) in [6.07, 6.45) is 0. The highest BCUT2D eigenvalue weighted by molar-refractivity contribution is 6.30. The van der Waals surface area contributed by atoms with Gasteiger partial charge >= 0.3 is 35.8 Å². The third kappa shape index (κ3) is 12.0. The van der Waals surface area contributed by atoms with E-state index in [-0.39, 0.29) is 49.1 Å². The van der Waals surface area contributed by atoms with Crippen LogP contribution in [0.5, 0.6) is 11.5 Å². The van der Waals surface area contributed by atoms with Crippen LogP contribution in [-0.2, 0) is 57.2 Å². The van der Waals surface area contributed by atoms with Crippen molar-refractivity contribution in [1.29, 1.82) is 0 Å². The molecule has 258 valence electrons. The predicted molar refractivity (Wildman–Crippen MR) is 163 cm³/mol. The van der Waals surface area contributed by atoms with Crippen LogP contribution in [0.3, 0.4) is 0 Å². The average molecular weight is 675 g/mol. The molecule has 0 aliphatic rings. The summed E-state index contributed by atoms with van der Waals surface area (Å²) in [6.45, 7) is 7.49. The van der Waals surface area contributed by atoms with Gasteiger partial charge in [0.25, 0.3) is 0 Å². The van der Waals surface area contributed by atoms with Crippen LogP contribution >= 0.6 is 0 Å². The van der Waals surface area contributed by atoms with Crippen LogP contribution in [0.15, 0.2) is 66.8 Å². The number of benzene rings is 2. The maximum Gasteiger partial charge on any atom is 0.417 e. The Balaban J connectivity index is 2.28. The molecule has 14 nitrogen and oxygen atoms in total. The van der Waals surface area contributed by atoms with Gasteiger partial charge in [0.2, 0.25) is 0 Å². The summed E-state index contributed by atoms with van der Waals surface area (Å²) in [4.78, 5) is 71.0. The molecule has 0 spiro atoms. The number of carbonyl (C=O) groups excluding carboxylic acids is 6. The monoisotopic (exact) mass is 674 g/mol. The number of methoxy groups -OCH3 is 2. The van der Waals surface area contributed by atoms with Crippen LogP contribution in [0.1, 0.15) is 13.8 Å². The first-order chi connectivity index (χ1) is 22.7. The van der Waals surface area contributed by atoms with Crippen molar-refractivity contribution in [2.75, 3.05) is 53.9 Å². The smallest absolute Gasteiger partial charge is 0.417 e. The van der Waals surface area contributed by atoms with Crippen molar-refractivity contribution in [3.63, 3.8) is 0 Å². The Hall–Kier alpha value is -5.57. The summed E-state index contributed by atoms with van der Waals surface area (Å²) in [5.41, 5.74) is -0.243. The van der Waals surface area contributed by atoms with Gasteiger partial charge in [-0.2, -0.15) is 0 Å². The van der Waals surface area contributed by atoms with Crippen molar-refractivity contribution in [1.82, 2.24) is 0 Å². The Bertz CT molecular complexity index is 1500. The molecule has 2 rings (SSSR count). The summed E-state index contributed by atoms with van der Waals surface area (Å²) < 4.78 is 55.0. The SMILES string of the molecule is C=C(C)C(=O)OCCOCC(COC(=O)C(=O)OC)(COC(=O)C(=O)OC)COc1ccc(-c2ccc(OC(=O)C(=C)C)c(F)c2)cc1. The van der Waals surface area contributed by atoms with E-state index >= 15 is 0 Å². The fourth-order valence-corrected chi connectivity index (χ4v) is 3.51. The van der Waals surface area contributed by atoms with Gasteiger partial charge in [-0.1, -0.05) is 31.4 Å². The molecule has 0 aliphatic carbocycles. The minimum Gasteiger partial charge on any atom is -0.493 e. The lowest BCUT2D eigenvalue weighted by molar-refractivity contribution is -0.176. The zero-order valence-corrected chi connectivity index (χ0v) is 26.8. The van der Waals surface area contributed by atoms with E-state index in [4.69, 9.17) is 28.4 Å². The van der Waals surface area contributed by atoms with Crippen LogP contribution < -0.4 is 9.47 Å². The second kappa shape index (κ2) is 18.5. The summed E-state index contributed by atoms with van der Waals surface area (Å²) in [7, 11) is 1.94. The minimum atomic E-state index is -1.54. The molecule has 2 aromatic carbocycles. The molecule has 0 unspecified atom stereocenters. The van der Waals surface area contributed by atoms with Crippen LogP contribution in [0.25, 0.3) is 11.1 Å². The van der Waals surface area contributed by atoms with E-state index in [1.54, 1.807) is 18.2 Å². The van der Waals surface area contributed by atoms with Crippen LogP contribution in [0.4, 0.5) is 4.39 Å². The van der Waals surface area contributed by atoms with Crippen molar-refractivity contribution in [2.45, 2.75) is 13.8 Å². The Morgan fingerprint density at radius 1 is 0.646 bits per heavy atom. The fraction of sp³-hybridized carbons (Fsp3) is 0.333. The molecule has 0 radical (unpaired) electrons. The Morgan fingerprint density at radius 2 is 1.19 bits per heavy atom. The van der Waals surface area contributed by atoms with Gasteiger partial charge in [-0.3, -0.25) is 0 Å². The van der Waals surface area contributed by atoms with E-state index in [1.165, 1.54) is 38.1 Å². The molecule has 0 bridgehead atoms. The highest BCUT2D eigenvalue weighted by atomic mass is 19.1. The minimum absolute atomic E-state index is 0.108. The normalized spacial score (nSPS) is 10.6. The number of hydrogen-bond donors (Lipinski definition) is 0. The maximum atomic E-state index is 14.6. The second-order valence-electron chi connectivity index (χ2n) is 10.2. The summed E-state index contributed by atoms with van der Waals surface area (Å²) in [6, 6.07) is 10.3. The summed E-state index contributed by atoms with van der Waals surface area (Å²) in [5, 5.41) is 0. The van der Waals surface area contributed by atoms with Crippen LogP contribution in [-0.4, -0.2) is 89.7 Å². The van der Waals surface area contributed by atoms with Crippen molar-refractivity contribution >= 4 is 35.8 Å². The predicted octanol–water partition coefficient (Wildman–Crippen LogP) is 2.91.